The van der Waals surface area contributed by atoms with Crippen LogP contribution in [-0.4, -0.2) is 62.8 Å². The number of hydrogen-bond acceptors (Lipinski definition) is 4. The van der Waals surface area contributed by atoms with Crippen molar-refractivity contribution in [1.82, 2.24) is 15.5 Å². The van der Waals surface area contributed by atoms with Crippen molar-refractivity contribution in [2.75, 3.05) is 39.9 Å². The van der Waals surface area contributed by atoms with E-state index in [1.54, 1.807) is 7.11 Å². The molecule has 5 nitrogen and oxygen atoms in total. The van der Waals surface area contributed by atoms with E-state index in [1.807, 2.05) is 6.92 Å². The van der Waals surface area contributed by atoms with Crippen molar-refractivity contribution in [3.8, 4) is 0 Å². The molecule has 2 fully saturated rings. The van der Waals surface area contributed by atoms with Crippen molar-refractivity contribution in [1.29, 1.82) is 0 Å². The van der Waals surface area contributed by atoms with E-state index in [0.717, 1.165) is 25.6 Å². The van der Waals surface area contributed by atoms with E-state index in [1.165, 1.54) is 12.8 Å². The number of nitrogens with zero attached hydrogens (tertiary/aromatic N) is 1. The minimum Gasteiger partial charge on any atom is -0.383 e. The van der Waals surface area contributed by atoms with Gasteiger partial charge >= 0.3 is 0 Å². The van der Waals surface area contributed by atoms with E-state index in [0.29, 0.717) is 19.2 Å². The second kappa shape index (κ2) is 6.50. The van der Waals surface area contributed by atoms with Crippen LogP contribution < -0.4 is 10.6 Å². The molecule has 0 bridgehead atoms. The van der Waals surface area contributed by atoms with Crippen LogP contribution in [0.15, 0.2) is 0 Å². The molecule has 3 unspecified atom stereocenters. The van der Waals surface area contributed by atoms with Gasteiger partial charge in [0, 0.05) is 32.3 Å². The highest BCUT2D eigenvalue weighted by Crippen LogP contribution is 2.24. The summed E-state index contributed by atoms with van der Waals surface area (Å²) >= 11 is 0. The van der Waals surface area contributed by atoms with Gasteiger partial charge in [-0.2, -0.15) is 0 Å². The molecule has 3 atom stereocenters. The van der Waals surface area contributed by atoms with Gasteiger partial charge in [0.1, 0.15) is 0 Å². The van der Waals surface area contributed by atoms with Crippen LogP contribution in [0.25, 0.3) is 0 Å². The van der Waals surface area contributed by atoms with E-state index in [-0.39, 0.29) is 11.9 Å². The lowest BCUT2D eigenvalue weighted by molar-refractivity contribution is -0.123. The van der Waals surface area contributed by atoms with E-state index >= 15 is 0 Å². The number of methoxy groups -OCH3 is 1. The average Bonchev–Trinajstić information content (AvgIpc) is 2.70. The van der Waals surface area contributed by atoms with Crippen LogP contribution >= 0.6 is 0 Å². The first kappa shape index (κ1) is 13.8. The van der Waals surface area contributed by atoms with Crippen molar-refractivity contribution in [2.45, 2.75) is 31.8 Å². The number of carbonyl (C=O) groups is 1. The fraction of sp³-hybridized carbons (Fsp3) is 0.923. The Balaban J connectivity index is 1.72. The Morgan fingerprint density at radius 3 is 3.11 bits per heavy atom. The maximum atomic E-state index is 11.9. The molecule has 2 rings (SSSR count). The van der Waals surface area contributed by atoms with E-state index in [2.05, 4.69) is 15.5 Å². The molecule has 0 aromatic heterocycles. The topological polar surface area (TPSA) is 53.6 Å². The second-order valence-electron chi connectivity index (χ2n) is 5.58. The largest absolute Gasteiger partial charge is 0.383 e. The quantitative estimate of drug-likeness (QED) is 0.716. The normalized spacial score (nSPS) is 29.9. The number of carbonyl (C=O) groups excluding carboxylic acids is 1. The minimum absolute atomic E-state index is 0.0884. The first-order chi connectivity index (χ1) is 8.69. The van der Waals surface area contributed by atoms with Gasteiger partial charge < -0.3 is 15.4 Å². The van der Waals surface area contributed by atoms with Crippen molar-refractivity contribution < 1.29 is 9.53 Å². The third-order valence-corrected chi connectivity index (χ3v) is 3.87. The summed E-state index contributed by atoms with van der Waals surface area (Å²) in [6, 6.07) is 0.688. The van der Waals surface area contributed by atoms with Gasteiger partial charge in [-0.25, -0.2) is 0 Å². The molecular weight excluding hydrogens is 230 g/mol. The van der Waals surface area contributed by atoms with Crippen LogP contribution in [0.2, 0.25) is 0 Å². The first-order valence-electron chi connectivity index (χ1n) is 6.93. The van der Waals surface area contributed by atoms with Gasteiger partial charge in [0.15, 0.2) is 0 Å². The number of fused-ring (bicyclic) bond motifs is 1. The Morgan fingerprint density at radius 2 is 2.39 bits per heavy atom. The molecule has 18 heavy (non-hydrogen) atoms. The molecule has 0 aromatic carbocycles. The van der Waals surface area contributed by atoms with Gasteiger partial charge in [-0.3, -0.25) is 9.69 Å². The van der Waals surface area contributed by atoms with Gasteiger partial charge in [-0.15, -0.1) is 0 Å². The summed E-state index contributed by atoms with van der Waals surface area (Å²) in [5, 5.41) is 6.51. The van der Waals surface area contributed by atoms with Crippen LogP contribution in [0.4, 0.5) is 0 Å². The Kier molecular flexibility index (Phi) is 4.97. The molecular formula is C13H25N3O2. The summed E-state index contributed by atoms with van der Waals surface area (Å²) in [6.07, 6.45) is 2.57. The van der Waals surface area contributed by atoms with Crippen molar-refractivity contribution >= 4 is 5.91 Å². The molecule has 2 heterocycles. The summed E-state index contributed by atoms with van der Waals surface area (Å²) in [5.41, 5.74) is 0. The number of hydrogen-bond donors (Lipinski definition) is 2. The molecule has 104 valence electrons. The predicted molar refractivity (Wildman–Crippen MR) is 70.4 cm³/mol. The number of amides is 1. The number of rotatable bonds is 5. The highest BCUT2D eigenvalue weighted by Gasteiger charge is 2.34. The molecule has 0 saturated carbocycles. The van der Waals surface area contributed by atoms with Gasteiger partial charge in [0.2, 0.25) is 5.91 Å². The van der Waals surface area contributed by atoms with Gasteiger partial charge in [-0.1, -0.05) is 0 Å². The summed E-state index contributed by atoms with van der Waals surface area (Å²) < 4.78 is 5.01. The van der Waals surface area contributed by atoms with Gasteiger partial charge in [-0.05, 0) is 32.2 Å². The maximum Gasteiger partial charge on any atom is 0.234 e. The van der Waals surface area contributed by atoms with E-state index in [9.17, 15) is 4.79 Å². The summed E-state index contributed by atoms with van der Waals surface area (Å²) in [4.78, 5) is 14.1. The zero-order chi connectivity index (χ0) is 13.0. The zero-order valence-corrected chi connectivity index (χ0v) is 11.4. The molecule has 2 saturated heterocycles. The standard InChI is InChI=1S/C13H25N3O2/c1-10(9-18-2)15-13(17)8-16-6-11-4-3-5-14-12(11)7-16/h10-12,14H,3-9H2,1-2H3,(H,15,17). The molecule has 2 aliphatic rings. The van der Waals surface area contributed by atoms with Crippen LogP contribution in [0.3, 0.4) is 0 Å². The van der Waals surface area contributed by atoms with Gasteiger partial charge in [0.25, 0.3) is 0 Å². The Morgan fingerprint density at radius 1 is 1.56 bits per heavy atom. The molecule has 5 heteroatoms. The van der Waals surface area contributed by atoms with Crippen LogP contribution in [0.1, 0.15) is 19.8 Å². The number of ether oxygens (including phenoxy) is 1. The number of piperidine rings is 1. The predicted octanol–water partition coefficient (Wildman–Crippen LogP) is -0.179. The maximum absolute atomic E-state index is 11.9. The average molecular weight is 255 g/mol. The molecule has 0 spiro atoms. The highest BCUT2D eigenvalue weighted by molar-refractivity contribution is 5.78. The van der Waals surface area contributed by atoms with Crippen LogP contribution in [0.5, 0.6) is 0 Å². The SMILES string of the molecule is COCC(C)NC(=O)CN1CC2CCCNC2C1. The summed E-state index contributed by atoms with van der Waals surface area (Å²) in [6.45, 7) is 6.25. The monoisotopic (exact) mass is 255 g/mol. The summed E-state index contributed by atoms with van der Waals surface area (Å²) in [7, 11) is 1.65. The van der Waals surface area contributed by atoms with Crippen molar-refractivity contribution in [2.24, 2.45) is 5.92 Å². The molecule has 1 amide bonds. The lowest BCUT2D eigenvalue weighted by Crippen LogP contribution is -2.43. The first-order valence-corrected chi connectivity index (χ1v) is 6.93. The van der Waals surface area contributed by atoms with Crippen LogP contribution in [-0.2, 0) is 9.53 Å². The van der Waals surface area contributed by atoms with Crippen molar-refractivity contribution in [3.05, 3.63) is 0 Å². The van der Waals surface area contributed by atoms with E-state index in [4.69, 9.17) is 4.74 Å². The zero-order valence-electron chi connectivity index (χ0n) is 11.4. The minimum atomic E-state index is 0.0884. The number of nitrogens with one attached hydrogen (secondary N) is 2. The molecule has 2 N–H and O–H groups in total. The smallest absolute Gasteiger partial charge is 0.234 e. The van der Waals surface area contributed by atoms with Gasteiger partial charge in [0.05, 0.1) is 13.2 Å². The molecule has 0 radical (unpaired) electrons. The highest BCUT2D eigenvalue weighted by atomic mass is 16.5. The molecule has 2 aliphatic heterocycles. The summed E-state index contributed by atoms with van der Waals surface area (Å²) in [5.74, 6) is 0.848. The Bertz CT molecular complexity index is 271. The fourth-order valence-corrected chi connectivity index (χ4v) is 3.08. The second-order valence-corrected chi connectivity index (χ2v) is 5.58. The van der Waals surface area contributed by atoms with E-state index < -0.39 is 0 Å². The molecule has 0 aliphatic carbocycles. The fourth-order valence-electron chi connectivity index (χ4n) is 3.08. The Hall–Kier alpha value is -0.650. The lowest BCUT2D eigenvalue weighted by atomic mass is 9.94. The Labute approximate surface area is 109 Å². The third kappa shape index (κ3) is 3.67. The van der Waals surface area contributed by atoms with Crippen molar-refractivity contribution in [3.63, 3.8) is 0 Å². The van der Waals surface area contributed by atoms with Crippen LogP contribution in [0, 0.1) is 5.92 Å². The molecule has 0 aromatic rings. The third-order valence-electron chi connectivity index (χ3n) is 3.87. The number of likely N-dealkylation sites (tertiary alicyclic amines) is 1. The lowest BCUT2D eigenvalue weighted by Gasteiger charge is -2.24.